The number of pyridine rings is 1. The van der Waals surface area contributed by atoms with Gasteiger partial charge in [-0.25, -0.2) is 4.79 Å². The molecule has 20 heavy (non-hydrogen) atoms. The molecular formula is C15H24N2O3. The standard InChI is InChI=1S/C15H24N2O3/c1-15(2,3)20-14(18)17-10-5-4-6-11-19-13-8-7-9-16-12-13/h7-9,12H,4-6,10-11H2,1-3H3,(H,17,18). The van der Waals surface area contributed by atoms with Gasteiger partial charge >= 0.3 is 6.09 Å². The third-order valence-electron chi connectivity index (χ3n) is 2.39. The highest BCUT2D eigenvalue weighted by molar-refractivity contribution is 5.67. The minimum Gasteiger partial charge on any atom is -0.492 e. The average Bonchev–Trinajstić information content (AvgIpc) is 2.37. The molecule has 0 bridgehead atoms. The van der Waals surface area contributed by atoms with Crippen LogP contribution in [-0.4, -0.2) is 29.8 Å². The van der Waals surface area contributed by atoms with Crippen LogP contribution < -0.4 is 10.1 Å². The number of rotatable bonds is 7. The maximum Gasteiger partial charge on any atom is 0.407 e. The van der Waals surface area contributed by atoms with Crippen LogP contribution in [0.3, 0.4) is 0 Å². The lowest BCUT2D eigenvalue weighted by atomic mass is 10.2. The van der Waals surface area contributed by atoms with Crippen LogP contribution in [0.25, 0.3) is 0 Å². The smallest absolute Gasteiger partial charge is 0.407 e. The molecule has 0 aliphatic heterocycles. The van der Waals surface area contributed by atoms with Crippen LogP contribution >= 0.6 is 0 Å². The van der Waals surface area contributed by atoms with E-state index in [4.69, 9.17) is 9.47 Å². The molecule has 0 saturated heterocycles. The summed E-state index contributed by atoms with van der Waals surface area (Å²) in [7, 11) is 0. The van der Waals surface area contributed by atoms with E-state index in [0.29, 0.717) is 13.2 Å². The fourth-order valence-electron chi connectivity index (χ4n) is 1.53. The molecule has 0 radical (unpaired) electrons. The van der Waals surface area contributed by atoms with Gasteiger partial charge < -0.3 is 14.8 Å². The van der Waals surface area contributed by atoms with Crippen molar-refractivity contribution in [1.82, 2.24) is 10.3 Å². The van der Waals surface area contributed by atoms with Gasteiger partial charge in [0.25, 0.3) is 0 Å². The summed E-state index contributed by atoms with van der Waals surface area (Å²) in [6, 6.07) is 3.73. The topological polar surface area (TPSA) is 60.5 Å². The molecule has 0 atom stereocenters. The second kappa shape index (κ2) is 8.40. The maximum absolute atomic E-state index is 11.4. The van der Waals surface area contributed by atoms with Gasteiger partial charge in [0.05, 0.1) is 12.8 Å². The van der Waals surface area contributed by atoms with E-state index in [1.165, 1.54) is 0 Å². The highest BCUT2D eigenvalue weighted by Crippen LogP contribution is 2.08. The molecule has 0 saturated carbocycles. The zero-order valence-electron chi connectivity index (χ0n) is 12.5. The van der Waals surface area contributed by atoms with E-state index in [2.05, 4.69) is 10.3 Å². The number of nitrogens with zero attached hydrogens (tertiary/aromatic N) is 1. The van der Waals surface area contributed by atoms with Gasteiger partial charge in [-0.3, -0.25) is 4.98 Å². The quantitative estimate of drug-likeness (QED) is 0.779. The lowest BCUT2D eigenvalue weighted by Gasteiger charge is -2.19. The Labute approximate surface area is 120 Å². The number of unbranched alkanes of at least 4 members (excludes halogenated alkanes) is 2. The predicted octanol–water partition coefficient (Wildman–Crippen LogP) is 3.16. The van der Waals surface area contributed by atoms with Crippen LogP contribution in [-0.2, 0) is 4.74 Å². The SMILES string of the molecule is CC(C)(C)OC(=O)NCCCCCOc1cccnc1. The molecule has 0 unspecified atom stereocenters. The minimum atomic E-state index is -0.443. The molecule has 1 rings (SSSR count). The molecule has 5 nitrogen and oxygen atoms in total. The normalized spacial score (nSPS) is 10.9. The Balaban J connectivity index is 1.96. The maximum atomic E-state index is 11.4. The van der Waals surface area contributed by atoms with E-state index in [1.54, 1.807) is 12.4 Å². The molecule has 1 N–H and O–H groups in total. The fourth-order valence-corrected chi connectivity index (χ4v) is 1.53. The van der Waals surface area contributed by atoms with Crippen LogP contribution in [0.1, 0.15) is 40.0 Å². The number of hydrogen-bond acceptors (Lipinski definition) is 4. The number of alkyl carbamates (subject to hydrolysis) is 1. The van der Waals surface area contributed by atoms with Crippen LogP contribution in [0.2, 0.25) is 0 Å². The van der Waals surface area contributed by atoms with E-state index >= 15 is 0 Å². The van der Waals surface area contributed by atoms with E-state index < -0.39 is 5.60 Å². The number of amides is 1. The number of carbonyl (C=O) groups excluding carboxylic acids is 1. The van der Waals surface area contributed by atoms with Crippen molar-refractivity contribution >= 4 is 6.09 Å². The van der Waals surface area contributed by atoms with Crippen LogP contribution in [0.15, 0.2) is 24.5 Å². The molecule has 0 fully saturated rings. The Morgan fingerprint density at radius 3 is 2.75 bits per heavy atom. The summed E-state index contributed by atoms with van der Waals surface area (Å²) in [5.74, 6) is 0.791. The first-order valence-electron chi connectivity index (χ1n) is 6.97. The zero-order chi connectivity index (χ0) is 14.8. The molecule has 0 aliphatic rings. The van der Waals surface area contributed by atoms with Crippen molar-refractivity contribution in [2.24, 2.45) is 0 Å². The molecule has 0 spiro atoms. The van der Waals surface area contributed by atoms with Gasteiger partial charge in [-0.2, -0.15) is 0 Å². The summed E-state index contributed by atoms with van der Waals surface area (Å²) in [5.41, 5.74) is -0.443. The molecule has 0 aromatic carbocycles. The summed E-state index contributed by atoms with van der Waals surface area (Å²) in [4.78, 5) is 15.3. The van der Waals surface area contributed by atoms with Gasteiger partial charge in [0, 0.05) is 12.7 Å². The molecule has 112 valence electrons. The summed E-state index contributed by atoms with van der Waals surface area (Å²) in [5, 5.41) is 2.74. The highest BCUT2D eigenvalue weighted by Gasteiger charge is 2.15. The molecule has 1 aromatic rings. The van der Waals surface area contributed by atoms with E-state index in [1.807, 2.05) is 32.9 Å². The second-order valence-electron chi connectivity index (χ2n) is 5.53. The minimum absolute atomic E-state index is 0.357. The molecular weight excluding hydrogens is 256 g/mol. The summed E-state index contributed by atoms with van der Waals surface area (Å²) >= 11 is 0. The summed E-state index contributed by atoms with van der Waals surface area (Å²) in [6.07, 6.45) is 5.92. The van der Waals surface area contributed by atoms with Crippen molar-refractivity contribution in [3.8, 4) is 5.75 Å². The third-order valence-corrected chi connectivity index (χ3v) is 2.39. The Kier molecular flexibility index (Phi) is 6.84. The van der Waals surface area contributed by atoms with Gasteiger partial charge in [-0.1, -0.05) is 0 Å². The number of carbonyl (C=O) groups is 1. The van der Waals surface area contributed by atoms with Crippen molar-refractivity contribution in [1.29, 1.82) is 0 Å². The lowest BCUT2D eigenvalue weighted by molar-refractivity contribution is 0.0527. The predicted molar refractivity (Wildman–Crippen MR) is 77.8 cm³/mol. The first kappa shape index (κ1) is 16.3. The zero-order valence-corrected chi connectivity index (χ0v) is 12.5. The van der Waals surface area contributed by atoms with Crippen molar-refractivity contribution in [2.45, 2.75) is 45.6 Å². The highest BCUT2D eigenvalue weighted by atomic mass is 16.6. The van der Waals surface area contributed by atoms with Gasteiger partial charge in [0.2, 0.25) is 0 Å². The molecule has 1 heterocycles. The van der Waals surface area contributed by atoms with E-state index in [0.717, 1.165) is 25.0 Å². The first-order valence-corrected chi connectivity index (χ1v) is 6.97. The first-order chi connectivity index (χ1) is 9.47. The molecule has 0 aliphatic carbocycles. The summed E-state index contributed by atoms with van der Waals surface area (Å²) in [6.45, 7) is 6.84. The Morgan fingerprint density at radius 2 is 2.10 bits per heavy atom. The lowest BCUT2D eigenvalue weighted by Crippen LogP contribution is -2.33. The van der Waals surface area contributed by atoms with Gasteiger partial charge in [0.15, 0.2) is 0 Å². The van der Waals surface area contributed by atoms with Crippen molar-refractivity contribution in [3.05, 3.63) is 24.5 Å². The Bertz CT molecular complexity index is 388. The monoisotopic (exact) mass is 280 g/mol. The van der Waals surface area contributed by atoms with Crippen molar-refractivity contribution in [3.63, 3.8) is 0 Å². The van der Waals surface area contributed by atoms with E-state index in [-0.39, 0.29) is 6.09 Å². The van der Waals surface area contributed by atoms with Crippen LogP contribution in [0.5, 0.6) is 5.75 Å². The van der Waals surface area contributed by atoms with E-state index in [9.17, 15) is 4.79 Å². The summed E-state index contributed by atoms with van der Waals surface area (Å²) < 4.78 is 10.7. The average molecular weight is 280 g/mol. The van der Waals surface area contributed by atoms with Crippen LogP contribution in [0.4, 0.5) is 4.79 Å². The largest absolute Gasteiger partial charge is 0.492 e. The van der Waals surface area contributed by atoms with Gasteiger partial charge in [-0.05, 0) is 52.2 Å². The Hall–Kier alpha value is -1.78. The second-order valence-corrected chi connectivity index (χ2v) is 5.53. The molecule has 1 aromatic heterocycles. The van der Waals surface area contributed by atoms with Crippen molar-refractivity contribution in [2.75, 3.05) is 13.2 Å². The number of aromatic nitrogens is 1. The molecule has 5 heteroatoms. The number of ether oxygens (including phenoxy) is 2. The number of nitrogens with one attached hydrogen (secondary N) is 1. The number of hydrogen-bond donors (Lipinski definition) is 1. The third kappa shape index (κ3) is 8.34. The Morgan fingerprint density at radius 1 is 1.30 bits per heavy atom. The fraction of sp³-hybridized carbons (Fsp3) is 0.600. The van der Waals surface area contributed by atoms with Gasteiger partial charge in [0.1, 0.15) is 11.4 Å². The van der Waals surface area contributed by atoms with Crippen LogP contribution in [0, 0.1) is 0 Å². The molecule has 1 amide bonds. The van der Waals surface area contributed by atoms with Crippen molar-refractivity contribution < 1.29 is 14.3 Å². The van der Waals surface area contributed by atoms with Gasteiger partial charge in [-0.15, -0.1) is 0 Å².